The van der Waals surface area contributed by atoms with Gasteiger partial charge in [-0.05, 0) is 46.4 Å². The minimum Gasteiger partial charge on any atom is -0.494 e. The van der Waals surface area contributed by atoms with Gasteiger partial charge in [0.1, 0.15) is 0 Å². The number of benzene rings is 4. The highest BCUT2D eigenvalue weighted by atomic mass is 19.2. The number of aryl methyl sites for hydroxylation is 1. The molecule has 0 aromatic heterocycles. The fourth-order valence-electron chi connectivity index (χ4n) is 3.65. The van der Waals surface area contributed by atoms with E-state index in [1.54, 1.807) is 36.4 Å². The van der Waals surface area contributed by atoms with Gasteiger partial charge < -0.3 is 4.74 Å². The third-order valence-corrected chi connectivity index (χ3v) is 5.64. The second-order valence-corrected chi connectivity index (χ2v) is 7.69. The molecule has 0 heterocycles. The van der Waals surface area contributed by atoms with Crippen molar-refractivity contribution in [3.05, 3.63) is 113 Å². The summed E-state index contributed by atoms with van der Waals surface area (Å²) < 4.78 is 48.4. The molecule has 0 saturated heterocycles. The summed E-state index contributed by atoms with van der Waals surface area (Å²) in [5.41, 5.74) is 4.56. The Morgan fingerprint density at radius 3 is 2.00 bits per heavy atom. The van der Waals surface area contributed by atoms with Crippen LogP contribution in [0, 0.1) is 17.5 Å². The molecular formula is C29H23F3O. The fourth-order valence-corrected chi connectivity index (χ4v) is 3.65. The molecule has 0 fully saturated rings. The molecule has 4 rings (SSSR count). The lowest BCUT2D eigenvalue weighted by Gasteiger charge is -2.08. The highest BCUT2D eigenvalue weighted by molar-refractivity contribution is 5.74. The first kappa shape index (κ1) is 22.4. The first-order valence-corrected chi connectivity index (χ1v) is 10.7. The summed E-state index contributed by atoms with van der Waals surface area (Å²) in [4.78, 5) is 0. The maximum absolute atomic E-state index is 14.7. The summed E-state index contributed by atoms with van der Waals surface area (Å²) in [5, 5.41) is 0. The molecule has 4 heteroatoms. The first-order chi connectivity index (χ1) is 16.0. The largest absolute Gasteiger partial charge is 0.494 e. The van der Waals surface area contributed by atoms with Crippen LogP contribution >= 0.6 is 0 Å². The normalized spacial score (nSPS) is 11.2. The van der Waals surface area contributed by atoms with Crippen molar-refractivity contribution in [1.82, 2.24) is 0 Å². The van der Waals surface area contributed by atoms with Crippen molar-refractivity contribution in [2.75, 3.05) is 7.11 Å². The molecule has 0 aliphatic rings. The van der Waals surface area contributed by atoms with Gasteiger partial charge in [0.15, 0.2) is 23.2 Å². The topological polar surface area (TPSA) is 9.23 Å². The Morgan fingerprint density at radius 2 is 1.36 bits per heavy atom. The zero-order valence-electron chi connectivity index (χ0n) is 18.4. The second kappa shape index (κ2) is 9.78. The molecule has 4 aromatic rings. The van der Waals surface area contributed by atoms with Crippen molar-refractivity contribution in [1.29, 1.82) is 0 Å². The molecule has 4 aromatic carbocycles. The van der Waals surface area contributed by atoms with Crippen molar-refractivity contribution in [3.8, 4) is 28.0 Å². The van der Waals surface area contributed by atoms with Crippen LogP contribution in [0.5, 0.6) is 5.75 Å². The molecule has 0 unspecified atom stereocenters. The van der Waals surface area contributed by atoms with Gasteiger partial charge in [-0.15, -0.1) is 0 Å². The summed E-state index contributed by atoms with van der Waals surface area (Å²) in [7, 11) is 1.42. The quantitative estimate of drug-likeness (QED) is 0.273. The molecule has 0 spiro atoms. The maximum Gasteiger partial charge on any atom is 0.167 e. The number of methoxy groups -OCH3 is 1. The lowest BCUT2D eigenvalue weighted by Crippen LogP contribution is -1.93. The summed E-state index contributed by atoms with van der Waals surface area (Å²) in [6.07, 6.45) is 4.15. The lowest BCUT2D eigenvalue weighted by molar-refractivity contribution is 0.386. The highest BCUT2D eigenvalue weighted by Gasteiger charge is 2.13. The van der Waals surface area contributed by atoms with Crippen LogP contribution < -0.4 is 4.74 Å². The molecular weight excluding hydrogens is 421 g/mol. The van der Waals surface area contributed by atoms with Crippen LogP contribution in [0.3, 0.4) is 0 Å². The van der Waals surface area contributed by atoms with Crippen LogP contribution in [0.2, 0.25) is 0 Å². The van der Waals surface area contributed by atoms with Crippen molar-refractivity contribution in [2.24, 2.45) is 0 Å². The Hall–Kier alpha value is -3.79. The molecule has 0 saturated carbocycles. The molecule has 0 radical (unpaired) electrons. The monoisotopic (exact) mass is 444 g/mol. The van der Waals surface area contributed by atoms with E-state index in [9.17, 15) is 13.2 Å². The maximum atomic E-state index is 14.7. The van der Waals surface area contributed by atoms with Gasteiger partial charge in [0.25, 0.3) is 0 Å². The van der Waals surface area contributed by atoms with Gasteiger partial charge in [-0.3, -0.25) is 0 Å². The molecule has 0 bridgehead atoms. The van der Waals surface area contributed by atoms with E-state index in [1.807, 2.05) is 55.5 Å². The van der Waals surface area contributed by atoms with E-state index in [0.717, 1.165) is 28.7 Å². The molecule has 166 valence electrons. The van der Waals surface area contributed by atoms with E-state index in [1.165, 1.54) is 13.2 Å². The second-order valence-electron chi connectivity index (χ2n) is 7.69. The minimum atomic E-state index is -0.881. The van der Waals surface area contributed by atoms with E-state index in [4.69, 9.17) is 4.74 Å². The zero-order valence-corrected chi connectivity index (χ0v) is 18.4. The SMILES string of the molecule is CCc1ccc(-c2ccc(/C=C/c3ccc(-c4ccc(OC)c(F)c4)cc3)c(F)c2F)cc1. The van der Waals surface area contributed by atoms with Crippen LogP contribution in [0.1, 0.15) is 23.6 Å². The van der Waals surface area contributed by atoms with Crippen molar-refractivity contribution in [3.63, 3.8) is 0 Å². The lowest BCUT2D eigenvalue weighted by atomic mass is 10.00. The Labute approximate surface area is 191 Å². The molecule has 1 nitrogen and oxygen atoms in total. The number of rotatable bonds is 6. The van der Waals surface area contributed by atoms with Crippen LogP contribution in [0.15, 0.2) is 78.9 Å². The van der Waals surface area contributed by atoms with E-state index in [0.29, 0.717) is 5.56 Å². The molecule has 33 heavy (non-hydrogen) atoms. The third-order valence-electron chi connectivity index (χ3n) is 5.64. The van der Waals surface area contributed by atoms with Crippen molar-refractivity contribution < 1.29 is 17.9 Å². The van der Waals surface area contributed by atoms with E-state index >= 15 is 0 Å². The number of ether oxygens (including phenoxy) is 1. The van der Waals surface area contributed by atoms with E-state index < -0.39 is 17.5 Å². The highest BCUT2D eigenvalue weighted by Crippen LogP contribution is 2.29. The van der Waals surface area contributed by atoms with Crippen LogP contribution in [-0.4, -0.2) is 7.11 Å². The zero-order chi connectivity index (χ0) is 23.4. The molecule has 0 atom stereocenters. The fraction of sp³-hybridized carbons (Fsp3) is 0.103. The van der Waals surface area contributed by atoms with Gasteiger partial charge in [-0.25, -0.2) is 13.2 Å². The predicted molar refractivity (Wildman–Crippen MR) is 128 cm³/mol. The molecule has 0 N–H and O–H groups in total. The smallest absolute Gasteiger partial charge is 0.167 e. The van der Waals surface area contributed by atoms with Crippen molar-refractivity contribution >= 4 is 12.2 Å². The summed E-state index contributed by atoms with van der Waals surface area (Å²) in [6, 6.07) is 22.8. The standard InChI is InChI=1S/C29H23F3O/c1-3-19-4-11-22(12-5-19)25-16-14-23(28(31)29(25)32)13-8-20-6-9-21(10-7-20)24-15-17-27(33-2)26(30)18-24/h4-18H,3H2,1-2H3/b13-8+. The number of hydrogen-bond donors (Lipinski definition) is 0. The van der Waals surface area contributed by atoms with E-state index in [-0.39, 0.29) is 16.9 Å². The van der Waals surface area contributed by atoms with Gasteiger partial charge in [0, 0.05) is 11.1 Å². The van der Waals surface area contributed by atoms with Crippen molar-refractivity contribution in [2.45, 2.75) is 13.3 Å². The van der Waals surface area contributed by atoms with Crippen LogP contribution in [-0.2, 0) is 6.42 Å². The predicted octanol–water partition coefficient (Wildman–Crippen LogP) is 8.18. The summed E-state index contributed by atoms with van der Waals surface area (Å²) in [5.74, 6) is -1.98. The molecule has 0 aliphatic carbocycles. The third kappa shape index (κ3) is 4.85. The van der Waals surface area contributed by atoms with Gasteiger partial charge in [0.2, 0.25) is 0 Å². The van der Waals surface area contributed by atoms with E-state index in [2.05, 4.69) is 0 Å². The minimum absolute atomic E-state index is 0.169. The first-order valence-electron chi connectivity index (χ1n) is 10.7. The number of halogens is 3. The molecule has 0 aliphatic heterocycles. The Balaban J connectivity index is 1.54. The van der Waals surface area contributed by atoms with Gasteiger partial charge >= 0.3 is 0 Å². The van der Waals surface area contributed by atoms with Gasteiger partial charge in [-0.2, -0.15) is 0 Å². The average Bonchev–Trinajstić information content (AvgIpc) is 2.85. The summed E-state index contributed by atoms with van der Waals surface area (Å²) in [6.45, 7) is 2.04. The Bertz CT molecular complexity index is 1290. The number of hydrogen-bond acceptors (Lipinski definition) is 1. The van der Waals surface area contributed by atoms with Gasteiger partial charge in [-0.1, -0.05) is 85.8 Å². The van der Waals surface area contributed by atoms with Crippen LogP contribution in [0.25, 0.3) is 34.4 Å². The molecule has 0 amide bonds. The Kier molecular flexibility index (Phi) is 6.64. The van der Waals surface area contributed by atoms with Gasteiger partial charge in [0.05, 0.1) is 7.11 Å². The summed E-state index contributed by atoms with van der Waals surface area (Å²) >= 11 is 0. The van der Waals surface area contributed by atoms with Crippen LogP contribution in [0.4, 0.5) is 13.2 Å². The average molecular weight is 444 g/mol. The Morgan fingerprint density at radius 1 is 0.697 bits per heavy atom.